The number of aromatic nitrogens is 2. The Bertz CT molecular complexity index is 844. The smallest absolute Gasteiger partial charge is 0.251 e. The number of H-pyrrole nitrogens is 1. The van der Waals surface area contributed by atoms with Crippen LogP contribution in [0.1, 0.15) is 15.9 Å². The predicted octanol–water partition coefficient (Wildman–Crippen LogP) is 4.67. The van der Waals surface area contributed by atoms with Crippen LogP contribution in [0.4, 0.5) is 0 Å². The third-order valence-electron chi connectivity index (χ3n) is 3.65. The number of amides is 1. The van der Waals surface area contributed by atoms with Crippen LogP contribution in [0, 0.1) is 6.92 Å². The van der Waals surface area contributed by atoms with Gasteiger partial charge in [-0.05, 0) is 36.8 Å². The van der Waals surface area contributed by atoms with Gasteiger partial charge < -0.3 is 10.3 Å². The van der Waals surface area contributed by atoms with E-state index < -0.39 is 0 Å². The van der Waals surface area contributed by atoms with Crippen molar-refractivity contribution in [3.8, 4) is 11.3 Å². The van der Waals surface area contributed by atoms with Crippen molar-refractivity contribution in [1.29, 1.82) is 0 Å². The van der Waals surface area contributed by atoms with Gasteiger partial charge in [0.1, 0.15) is 0 Å². The van der Waals surface area contributed by atoms with Crippen LogP contribution >= 0.6 is 27.7 Å². The lowest BCUT2D eigenvalue weighted by atomic mass is 10.1. The standard InChI is InChI=1S/C19H18BrN3OS/c1-13-2-4-14(5-3-13)17-12-22-19(23-17)25-11-10-21-18(24)15-6-8-16(20)9-7-15/h2-9,12H,10-11H2,1H3,(H,21,24)(H,22,23). The maximum Gasteiger partial charge on any atom is 0.251 e. The van der Waals surface area contributed by atoms with Gasteiger partial charge >= 0.3 is 0 Å². The summed E-state index contributed by atoms with van der Waals surface area (Å²) in [6.07, 6.45) is 1.84. The highest BCUT2D eigenvalue weighted by Crippen LogP contribution is 2.21. The number of halogens is 1. The molecule has 0 saturated carbocycles. The topological polar surface area (TPSA) is 57.8 Å². The van der Waals surface area contributed by atoms with Crippen LogP contribution in [0.3, 0.4) is 0 Å². The maximum absolute atomic E-state index is 12.0. The highest BCUT2D eigenvalue weighted by Gasteiger charge is 2.06. The summed E-state index contributed by atoms with van der Waals surface area (Å²) in [5.41, 5.74) is 4.02. The molecule has 1 amide bonds. The molecule has 2 aromatic carbocycles. The van der Waals surface area contributed by atoms with Crippen LogP contribution in [0.5, 0.6) is 0 Å². The molecule has 25 heavy (non-hydrogen) atoms. The van der Waals surface area contributed by atoms with Crippen molar-refractivity contribution < 1.29 is 4.79 Å². The van der Waals surface area contributed by atoms with Crippen molar-refractivity contribution in [3.63, 3.8) is 0 Å². The first-order valence-corrected chi connectivity index (χ1v) is 9.68. The molecule has 0 spiro atoms. The van der Waals surface area contributed by atoms with E-state index in [2.05, 4.69) is 62.4 Å². The van der Waals surface area contributed by atoms with Gasteiger partial charge in [0.2, 0.25) is 0 Å². The van der Waals surface area contributed by atoms with E-state index in [9.17, 15) is 4.79 Å². The lowest BCUT2D eigenvalue weighted by molar-refractivity contribution is 0.0956. The van der Waals surface area contributed by atoms with Gasteiger partial charge in [0, 0.05) is 22.3 Å². The minimum atomic E-state index is -0.0621. The van der Waals surface area contributed by atoms with Crippen molar-refractivity contribution in [3.05, 3.63) is 70.3 Å². The van der Waals surface area contributed by atoms with Gasteiger partial charge in [-0.1, -0.05) is 57.5 Å². The van der Waals surface area contributed by atoms with Gasteiger partial charge in [-0.15, -0.1) is 0 Å². The average molecular weight is 416 g/mol. The van der Waals surface area contributed by atoms with E-state index >= 15 is 0 Å². The number of rotatable bonds is 6. The summed E-state index contributed by atoms with van der Waals surface area (Å²) in [6, 6.07) is 15.6. The van der Waals surface area contributed by atoms with Gasteiger partial charge in [0.15, 0.2) is 5.16 Å². The number of carbonyl (C=O) groups excluding carboxylic acids is 1. The first kappa shape index (κ1) is 17.8. The zero-order valence-electron chi connectivity index (χ0n) is 13.8. The zero-order valence-corrected chi connectivity index (χ0v) is 16.2. The largest absolute Gasteiger partial charge is 0.351 e. The molecular formula is C19H18BrN3OS. The Hall–Kier alpha value is -2.05. The van der Waals surface area contributed by atoms with Crippen LogP contribution in [0.15, 0.2) is 64.4 Å². The molecule has 4 nitrogen and oxygen atoms in total. The second kappa shape index (κ2) is 8.36. The monoisotopic (exact) mass is 415 g/mol. The number of nitrogens with one attached hydrogen (secondary N) is 2. The number of hydrogen-bond acceptors (Lipinski definition) is 3. The molecule has 0 fully saturated rings. The highest BCUT2D eigenvalue weighted by molar-refractivity contribution is 9.10. The fraction of sp³-hybridized carbons (Fsp3) is 0.158. The Labute approximate surface area is 159 Å². The molecule has 6 heteroatoms. The van der Waals surface area contributed by atoms with Gasteiger partial charge in [0.05, 0.1) is 11.9 Å². The molecule has 3 rings (SSSR count). The molecule has 0 aliphatic rings. The van der Waals surface area contributed by atoms with Crippen LogP contribution < -0.4 is 5.32 Å². The molecule has 0 unspecified atom stereocenters. The predicted molar refractivity (Wildman–Crippen MR) is 106 cm³/mol. The Morgan fingerprint density at radius 2 is 1.88 bits per heavy atom. The number of carbonyl (C=O) groups is 1. The molecular weight excluding hydrogens is 398 g/mol. The Morgan fingerprint density at radius 1 is 1.16 bits per heavy atom. The fourth-order valence-electron chi connectivity index (χ4n) is 2.27. The van der Waals surface area contributed by atoms with E-state index in [1.54, 1.807) is 23.9 Å². The molecule has 1 heterocycles. The first-order chi connectivity index (χ1) is 12.1. The Balaban J connectivity index is 1.47. The quantitative estimate of drug-likeness (QED) is 0.454. The molecule has 3 aromatic rings. The molecule has 0 aliphatic carbocycles. The number of hydrogen-bond donors (Lipinski definition) is 2. The number of thioether (sulfide) groups is 1. The number of imidazole rings is 1. The molecule has 0 aliphatic heterocycles. The molecule has 0 radical (unpaired) electrons. The minimum Gasteiger partial charge on any atom is -0.351 e. The van der Waals surface area contributed by atoms with Crippen molar-refractivity contribution in [2.75, 3.05) is 12.3 Å². The summed E-state index contributed by atoms with van der Waals surface area (Å²) >= 11 is 4.95. The van der Waals surface area contributed by atoms with E-state index in [0.29, 0.717) is 12.1 Å². The molecule has 0 bridgehead atoms. The van der Waals surface area contributed by atoms with Crippen molar-refractivity contribution in [2.24, 2.45) is 0 Å². The van der Waals surface area contributed by atoms with Gasteiger partial charge in [-0.3, -0.25) is 4.79 Å². The Kier molecular flexibility index (Phi) is 5.94. The number of aryl methyl sites for hydroxylation is 1. The molecule has 128 valence electrons. The van der Waals surface area contributed by atoms with Crippen LogP contribution in [-0.4, -0.2) is 28.2 Å². The third kappa shape index (κ3) is 4.96. The number of nitrogens with zero attached hydrogens (tertiary/aromatic N) is 1. The third-order valence-corrected chi connectivity index (χ3v) is 5.07. The Morgan fingerprint density at radius 3 is 2.60 bits per heavy atom. The number of benzene rings is 2. The molecule has 2 N–H and O–H groups in total. The first-order valence-electron chi connectivity index (χ1n) is 7.90. The highest BCUT2D eigenvalue weighted by atomic mass is 79.9. The van der Waals surface area contributed by atoms with E-state index in [4.69, 9.17) is 0 Å². The van der Waals surface area contributed by atoms with Gasteiger partial charge in [-0.25, -0.2) is 4.98 Å². The summed E-state index contributed by atoms with van der Waals surface area (Å²) in [6.45, 7) is 2.65. The van der Waals surface area contributed by atoms with Crippen molar-refractivity contribution in [1.82, 2.24) is 15.3 Å². The lowest BCUT2D eigenvalue weighted by Crippen LogP contribution is -2.25. The molecule has 1 aromatic heterocycles. The fourth-order valence-corrected chi connectivity index (χ4v) is 3.24. The summed E-state index contributed by atoms with van der Waals surface area (Å²) in [4.78, 5) is 19.7. The lowest BCUT2D eigenvalue weighted by Gasteiger charge is -2.04. The van der Waals surface area contributed by atoms with Gasteiger partial charge in [0.25, 0.3) is 5.91 Å². The second-order valence-electron chi connectivity index (χ2n) is 5.58. The summed E-state index contributed by atoms with van der Waals surface area (Å²) in [5.74, 6) is 0.691. The van der Waals surface area contributed by atoms with E-state index in [-0.39, 0.29) is 5.91 Å². The molecule has 0 saturated heterocycles. The van der Waals surface area contributed by atoms with Gasteiger partial charge in [-0.2, -0.15) is 0 Å². The van der Waals surface area contributed by atoms with Crippen molar-refractivity contribution >= 4 is 33.6 Å². The van der Waals surface area contributed by atoms with Crippen molar-refractivity contribution in [2.45, 2.75) is 12.1 Å². The normalized spacial score (nSPS) is 10.6. The average Bonchev–Trinajstić information content (AvgIpc) is 3.09. The molecule has 0 atom stereocenters. The zero-order chi connectivity index (χ0) is 17.6. The van der Waals surface area contributed by atoms with Crippen LogP contribution in [-0.2, 0) is 0 Å². The van der Waals surface area contributed by atoms with E-state index in [0.717, 1.165) is 26.6 Å². The number of aromatic amines is 1. The minimum absolute atomic E-state index is 0.0621. The summed E-state index contributed by atoms with van der Waals surface area (Å²) in [7, 11) is 0. The summed E-state index contributed by atoms with van der Waals surface area (Å²) in [5, 5.41) is 3.77. The summed E-state index contributed by atoms with van der Waals surface area (Å²) < 4.78 is 0.960. The maximum atomic E-state index is 12.0. The SMILES string of the molecule is Cc1ccc(-c2cnc(SCCNC(=O)c3ccc(Br)cc3)[nH]2)cc1. The van der Waals surface area contributed by atoms with E-state index in [1.165, 1.54) is 5.56 Å². The van der Waals surface area contributed by atoms with Crippen LogP contribution in [0.25, 0.3) is 11.3 Å². The second-order valence-corrected chi connectivity index (χ2v) is 7.58. The van der Waals surface area contributed by atoms with E-state index in [1.807, 2.05) is 18.3 Å². The van der Waals surface area contributed by atoms with Crippen LogP contribution in [0.2, 0.25) is 0 Å².